The molecule has 0 bridgehead atoms. The maximum absolute atomic E-state index is 14.6. The standard InChI is InChI=1S/C22H33FN5O13P/c1-12(2)39-19(30)34-10-37-42(33,38-11-35-20(31)40-13(3)4)36-7-22(6-23)17(29)21(5,32)18(41-22)28-9-27-14-15(24)25-8-26-16(14)28/h8-9,12-13,17-18,29,32H,6-7,10-11H2,1-5H3,(H2,24,25,26). The topological polar surface area (TPSA) is 235 Å². The number of rotatable bonds is 13. The van der Waals surface area contributed by atoms with Crippen LogP contribution >= 0.6 is 7.82 Å². The van der Waals surface area contributed by atoms with Crippen LogP contribution in [0.15, 0.2) is 12.7 Å². The number of ether oxygens (including phenoxy) is 5. The molecule has 0 radical (unpaired) electrons. The number of halogens is 1. The van der Waals surface area contributed by atoms with Gasteiger partial charge in [0.1, 0.15) is 30.2 Å². The van der Waals surface area contributed by atoms with Crippen LogP contribution in [0.2, 0.25) is 0 Å². The van der Waals surface area contributed by atoms with Crippen LogP contribution in [0.4, 0.5) is 19.8 Å². The molecule has 4 N–H and O–H groups in total. The highest BCUT2D eigenvalue weighted by atomic mass is 31.2. The normalized spacial score (nSPS) is 24.3. The number of carbonyl (C=O) groups is 2. The molecule has 0 amide bonds. The number of nitrogens with zero attached hydrogens (tertiary/aromatic N) is 4. The van der Waals surface area contributed by atoms with Crippen molar-refractivity contribution in [2.45, 2.75) is 70.4 Å². The van der Waals surface area contributed by atoms with Crippen molar-refractivity contribution < 1.29 is 66.0 Å². The van der Waals surface area contributed by atoms with Crippen LogP contribution in [0.1, 0.15) is 40.8 Å². The lowest BCUT2D eigenvalue weighted by molar-refractivity contribution is -0.139. The van der Waals surface area contributed by atoms with E-state index in [1.165, 1.54) is 10.9 Å². The third-order valence-corrected chi connectivity index (χ3v) is 6.96. The Balaban J connectivity index is 1.79. The quantitative estimate of drug-likeness (QED) is 0.164. The molecule has 18 nitrogen and oxygen atoms in total. The average Bonchev–Trinajstić information content (AvgIpc) is 3.40. The van der Waals surface area contributed by atoms with Gasteiger partial charge in [-0.25, -0.2) is 42.5 Å². The smallest absolute Gasteiger partial charge is 0.432 e. The Morgan fingerprint density at radius 3 is 2.19 bits per heavy atom. The number of fused-ring (bicyclic) bond motifs is 1. The molecule has 236 valence electrons. The predicted molar refractivity (Wildman–Crippen MR) is 136 cm³/mol. The summed E-state index contributed by atoms with van der Waals surface area (Å²) in [5, 5.41) is 22.2. The maximum atomic E-state index is 14.6. The van der Waals surface area contributed by atoms with E-state index < -0.39 is 82.7 Å². The summed E-state index contributed by atoms with van der Waals surface area (Å²) in [6.07, 6.45) is -4.63. The molecule has 1 saturated heterocycles. The number of aliphatic hydroxyl groups excluding tert-OH is 1. The first-order valence-electron chi connectivity index (χ1n) is 12.4. The molecular weight excluding hydrogens is 592 g/mol. The van der Waals surface area contributed by atoms with Gasteiger partial charge in [-0.15, -0.1) is 0 Å². The molecule has 1 aliphatic rings. The summed E-state index contributed by atoms with van der Waals surface area (Å²) >= 11 is 0. The van der Waals surface area contributed by atoms with E-state index in [2.05, 4.69) is 24.4 Å². The number of aromatic nitrogens is 4. The highest BCUT2D eigenvalue weighted by Crippen LogP contribution is 2.53. The van der Waals surface area contributed by atoms with Crippen LogP contribution in [0.3, 0.4) is 0 Å². The highest BCUT2D eigenvalue weighted by Gasteiger charge is 2.63. The highest BCUT2D eigenvalue weighted by molar-refractivity contribution is 7.48. The van der Waals surface area contributed by atoms with Crippen LogP contribution in [-0.4, -0.2) is 98.4 Å². The van der Waals surface area contributed by atoms with Crippen molar-refractivity contribution in [1.82, 2.24) is 19.5 Å². The molecule has 3 heterocycles. The van der Waals surface area contributed by atoms with Crippen LogP contribution < -0.4 is 5.73 Å². The Hall–Kier alpha value is -3.19. The number of nitrogens with two attached hydrogens (primary N) is 1. The minimum Gasteiger partial charge on any atom is -0.432 e. The minimum absolute atomic E-state index is 0.0197. The first kappa shape index (κ1) is 33.3. The fourth-order valence-electron chi connectivity index (χ4n) is 3.74. The van der Waals surface area contributed by atoms with E-state index in [0.717, 1.165) is 13.3 Å². The number of alkyl halides is 1. The van der Waals surface area contributed by atoms with Crippen LogP contribution in [0, 0.1) is 0 Å². The van der Waals surface area contributed by atoms with E-state index in [9.17, 15) is 28.8 Å². The molecule has 3 rings (SSSR count). The van der Waals surface area contributed by atoms with Crippen LogP contribution in [-0.2, 0) is 41.8 Å². The first-order valence-corrected chi connectivity index (χ1v) is 13.9. The molecule has 2 aromatic heterocycles. The number of carbonyl (C=O) groups excluding carboxylic acids is 2. The summed E-state index contributed by atoms with van der Waals surface area (Å²) in [5.74, 6) is 0.0197. The van der Waals surface area contributed by atoms with Gasteiger partial charge in [0.25, 0.3) is 0 Å². The third-order valence-electron chi connectivity index (χ3n) is 5.67. The zero-order valence-corrected chi connectivity index (χ0v) is 24.3. The number of phosphoric acid groups is 1. The first-order chi connectivity index (χ1) is 19.6. The van der Waals surface area contributed by atoms with Gasteiger partial charge in [0.15, 0.2) is 23.3 Å². The SMILES string of the molecule is CC(C)OC(=O)OCOP(=O)(OCOC(=O)OC(C)C)OCC1(CF)OC(n2cnc3c(N)ncnc32)C(C)(O)C1O. The maximum Gasteiger partial charge on any atom is 0.510 e. The molecule has 0 saturated carbocycles. The predicted octanol–water partition coefficient (Wildman–Crippen LogP) is 1.95. The number of anilines is 1. The number of hydrogen-bond donors (Lipinski definition) is 3. The summed E-state index contributed by atoms with van der Waals surface area (Å²) < 4.78 is 68.8. The van der Waals surface area contributed by atoms with Gasteiger partial charge in [-0.2, -0.15) is 0 Å². The van der Waals surface area contributed by atoms with Crippen molar-refractivity contribution in [3.05, 3.63) is 12.7 Å². The number of hydrogen-bond acceptors (Lipinski definition) is 17. The van der Waals surface area contributed by atoms with Crippen molar-refractivity contribution in [2.24, 2.45) is 0 Å². The fraction of sp³-hybridized carbons (Fsp3) is 0.682. The molecule has 0 aliphatic carbocycles. The van der Waals surface area contributed by atoms with Gasteiger partial charge in [0.05, 0.1) is 25.1 Å². The second-order valence-corrected chi connectivity index (χ2v) is 11.4. The van der Waals surface area contributed by atoms with E-state index in [-0.39, 0.29) is 17.0 Å². The van der Waals surface area contributed by atoms with E-state index in [4.69, 9.17) is 33.5 Å². The van der Waals surface area contributed by atoms with E-state index in [1.54, 1.807) is 27.7 Å². The van der Waals surface area contributed by atoms with Gasteiger partial charge < -0.3 is 39.6 Å². The van der Waals surface area contributed by atoms with Gasteiger partial charge in [0, 0.05) is 0 Å². The summed E-state index contributed by atoms with van der Waals surface area (Å²) in [6, 6.07) is 0. The summed E-state index contributed by atoms with van der Waals surface area (Å²) in [7, 11) is -4.86. The molecule has 1 aliphatic heterocycles. The van der Waals surface area contributed by atoms with Crippen LogP contribution in [0.25, 0.3) is 11.2 Å². The van der Waals surface area contributed by atoms with Crippen LogP contribution in [0.5, 0.6) is 0 Å². The molecule has 0 spiro atoms. The van der Waals surface area contributed by atoms with E-state index >= 15 is 0 Å². The third kappa shape index (κ3) is 7.60. The Kier molecular flexibility index (Phi) is 10.6. The van der Waals surface area contributed by atoms with Crippen molar-refractivity contribution >= 4 is 37.1 Å². The summed E-state index contributed by atoms with van der Waals surface area (Å²) in [4.78, 5) is 35.2. The zero-order chi connectivity index (χ0) is 31.3. The monoisotopic (exact) mass is 625 g/mol. The van der Waals surface area contributed by atoms with E-state index in [0.29, 0.717) is 0 Å². The molecule has 4 unspecified atom stereocenters. The molecule has 0 aromatic carbocycles. The lowest BCUT2D eigenvalue weighted by Crippen LogP contribution is -2.53. The fourth-order valence-corrected chi connectivity index (χ4v) is 4.70. The van der Waals surface area contributed by atoms with Gasteiger partial charge in [-0.3, -0.25) is 9.09 Å². The lowest BCUT2D eigenvalue weighted by Gasteiger charge is -2.31. The second kappa shape index (κ2) is 13.4. The second-order valence-electron chi connectivity index (χ2n) is 9.72. The number of phosphoric ester groups is 1. The number of aliphatic hydroxyl groups is 2. The van der Waals surface area contributed by atoms with Gasteiger partial charge >= 0.3 is 20.1 Å². The Bertz CT molecular complexity index is 1260. The molecular formula is C22H33FN5O13P. The molecule has 42 heavy (non-hydrogen) atoms. The number of nitrogen functional groups attached to an aromatic ring is 1. The molecule has 4 atom stereocenters. The van der Waals surface area contributed by atoms with Gasteiger partial charge in [0.2, 0.25) is 13.6 Å². The summed E-state index contributed by atoms with van der Waals surface area (Å²) in [6.45, 7) is 2.76. The zero-order valence-electron chi connectivity index (χ0n) is 23.4. The lowest BCUT2D eigenvalue weighted by atomic mass is 9.88. The van der Waals surface area contributed by atoms with Crippen molar-refractivity contribution in [2.75, 3.05) is 32.6 Å². The minimum atomic E-state index is -4.86. The van der Waals surface area contributed by atoms with Gasteiger partial charge in [-0.1, -0.05) is 0 Å². The van der Waals surface area contributed by atoms with Crippen molar-refractivity contribution in [1.29, 1.82) is 0 Å². The largest absolute Gasteiger partial charge is 0.510 e. The van der Waals surface area contributed by atoms with Crippen molar-refractivity contribution in [3.8, 4) is 0 Å². The Morgan fingerprint density at radius 2 is 1.67 bits per heavy atom. The van der Waals surface area contributed by atoms with Gasteiger partial charge in [-0.05, 0) is 34.6 Å². The molecule has 1 fully saturated rings. The number of imidazole rings is 1. The summed E-state index contributed by atoms with van der Waals surface area (Å²) in [5.41, 5.74) is 1.50. The Morgan fingerprint density at radius 1 is 1.10 bits per heavy atom. The van der Waals surface area contributed by atoms with Crippen molar-refractivity contribution in [3.63, 3.8) is 0 Å². The molecule has 20 heteroatoms. The van der Waals surface area contributed by atoms with E-state index in [1.807, 2.05) is 0 Å². The Labute approximate surface area is 238 Å². The molecule has 2 aromatic rings. The average molecular weight is 626 g/mol.